The van der Waals surface area contributed by atoms with Crippen LogP contribution in [0.1, 0.15) is 27.2 Å². The first-order valence-corrected chi connectivity index (χ1v) is 3.49. The molecule has 0 rings (SSSR count). The van der Waals surface area contributed by atoms with Crippen molar-refractivity contribution in [1.29, 1.82) is 0 Å². The second kappa shape index (κ2) is 3.42. The maximum atomic E-state index is 11.1. The molecule has 0 aromatic carbocycles. The molecule has 3 heteroatoms. The normalized spacial score (nSPS) is 15.2. The molecule has 0 aliphatic rings. The lowest BCUT2D eigenvalue weighted by atomic mass is 9.82. The van der Waals surface area contributed by atoms with E-state index in [0.29, 0.717) is 6.29 Å². The predicted octanol–water partition coefficient (Wildman–Crippen LogP) is 0.760. The molecule has 0 N–H and O–H groups in total. The van der Waals surface area contributed by atoms with Crippen LogP contribution in [0.5, 0.6) is 0 Å². The van der Waals surface area contributed by atoms with Crippen LogP contribution in [0.25, 0.3) is 0 Å². The van der Waals surface area contributed by atoms with Gasteiger partial charge >= 0.3 is 0 Å². The summed E-state index contributed by atoms with van der Waals surface area (Å²) in [5.41, 5.74) is -1.41. The summed E-state index contributed by atoms with van der Waals surface area (Å²) in [7, 11) is 0. The van der Waals surface area contributed by atoms with Crippen molar-refractivity contribution in [1.82, 2.24) is 0 Å². The molecular weight excluding hydrogens is 144 g/mol. The van der Waals surface area contributed by atoms with Gasteiger partial charge in [-0.25, -0.2) is 0 Å². The second-order valence-electron chi connectivity index (χ2n) is 2.65. The quantitative estimate of drug-likeness (QED) is 0.446. The Labute approximate surface area is 65.8 Å². The molecule has 3 nitrogen and oxygen atoms in total. The van der Waals surface area contributed by atoms with Crippen LogP contribution in [0.2, 0.25) is 0 Å². The van der Waals surface area contributed by atoms with E-state index < -0.39 is 5.41 Å². The molecule has 0 radical (unpaired) electrons. The number of carbonyl (C=O) groups excluding carboxylic acids is 3. The fourth-order valence-corrected chi connectivity index (χ4v) is 0.712. The molecule has 1 unspecified atom stereocenters. The van der Waals surface area contributed by atoms with E-state index in [0.717, 1.165) is 0 Å². The molecule has 0 aliphatic carbocycles. The lowest BCUT2D eigenvalue weighted by Gasteiger charge is -2.15. The van der Waals surface area contributed by atoms with E-state index >= 15 is 0 Å². The van der Waals surface area contributed by atoms with Crippen LogP contribution in [-0.2, 0) is 14.4 Å². The third kappa shape index (κ3) is 1.73. The highest BCUT2D eigenvalue weighted by Gasteiger charge is 2.36. The van der Waals surface area contributed by atoms with Gasteiger partial charge in [0.2, 0.25) is 0 Å². The summed E-state index contributed by atoms with van der Waals surface area (Å²) < 4.78 is 0. The van der Waals surface area contributed by atoms with Crippen LogP contribution in [0, 0.1) is 5.41 Å². The average molecular weight is 156 g/mol. The lowest BCUT2D eigenvalue weighted by molar-refractivity contribution is -0.142. The molecule has 0 aromatic heterocycles. The first-order chi connectivity index (χ1) is 4.99. The number of Topliss-reactive ketones (excluding diaryl/α,β-unsaturated/α-hetero) is 2. The largest absolute Gasteiger partial charge is 0.302 e. The van der Waals surface area contributed by atoms with Crippen molar-refractivity contribution in [2.24, 2.45) is 5.41 Å². The molecule has 11 heavy (non-hydrogen) atoms. The van der Waals surface area contributed by atoms with Crippen molar-refractivity contribution in [2.75, 3.05) is 0 Å². The topological polar surface area (TPSA) is 51.2 Å². The number of hydrogen-bond acceptors (Lipinski definition) is 3. The Kier molecular flexibility index (Phi) is 3.11. The Hall–Kier alpha value is -0.990. The summed E-state index contributed by atoms with van der Waals surface area (Å²) >= 11 is 0. The number of hydrogen-bond donors (Lipinski definition) is 0. The number of aldehydes is 1. The van der Waals surface area contributed by atoms with Crippen molar-refractivity contribution in [3.63, 3.8) is 0 Å². The smallest absolute Gasteiger partial charge is 0.153 e. The van der Waals surface area contributed by atoms with Gasteiger partial charge in [-0.05, 0) is 13.8 Å². The van der Waals surface area contributed by atoms with Gasteiger partial charge in [-0.15, -0.1) is 0 Å². The van der Waals surface area contributed by atoms with Crippen LogP contribution >= 0.6 is 0 Å². The minimum atomic E-state index is -1.41. The second-order valence-corrected chi connectivity index (χ2v) is 2.65. The highest BCUT2D eigenvalue weighted by atomic mass is 16.2. The third-order valence-electron chi connectivity index (χ3n) is 1.87. The summed E-state index contributed by atoms with van der Waals surface area (Å²) in [6, 6.07) is 0. The standard InChI is InChI=1S/C8H12O3/c1-4-7(11)8(3,5-9)6(2)10/h5H,4H2,1-3H3. The monoisotopic (exact) mass is 156 g/mol. The zero-order valence-corrected chi connectivity index (χ0v) is 7.01. The SMILES string of the molecule is CCC(=O)C(C)(C=O)C(C)=O. The minimum Gasteiger partial charge on any atom is -0.302 e. The first kappa shape index (κ1) is 10.0. The highest BCUT2D eigenvalue weighted by molar-refractivity contribution is 6.17. The van der Waals surface area contributed by atoms with Gasteiger partial charge in [-0.3, -0.25) is 9.59 Å². The number of rotatable bonds is 4. The summed E-state index contributed by atoms with van der Waals surface area (Å²) in [5.74, 6) is -0.709. The molecule has 0 spiro atoms. The maximum Gasteiger partial charge on any atom is 0.153 e. The molecule has 0 saturated heterocycles. The van der Waals surface area contributed by atoms with Gasteiger partial charge in [0.05, 0.1) is 0 Å². The van der Waals surface area contributed by atoms with E-state index in [4.69, 9.17) is 0 Å². The van der Waals surface area contributed by atoms with E-state index in [2.05, 4.69) is 0 Å². The van der Waals surface area contributed by atoms with Gasteiger partial charge in [0.25, 0.3) is 0 Å². The van der Waals surface area contributed by atoms with Crippen molar-refractivity contribution < 1.29 is 14.4 Å². The van der Waals surface area contributed by atoms with Crippen LogP contribution in [-0.4, -0.2) is 17.9 Å². The molecule has 62 valence electrons. The fraction of sp³-hybridized carbons (Fsp3) is 0.625. The molecule has 0 saturated carbocycles. The van der Waals surface area contributed by atoms with Gasteiger partial charge < -0.3 is 4.79 Å². The predicted molar refractivity (Wildman–Crippen MR) is 40.2 cm³/mol. The Bertz CT molecular complexity index is 196. The Morgan fingerprint density at radius 1 is 1.45 bits per heavy atom. The van der Waals surface area contributed by atoms with Crippen LogP contribution in [0.15, 0.2) is 0 Å². The molecular formula is C8H12O3. The zero-order chi connectivity index (χ0) is 9.07. The fourth-order valence-electron chi connectivity index (χ4n) is 0.712. The lowest BCUT2D eigenvalue weighted by Crippen LogP contribution is -2.36. The molecule has 0 fully saturated rings. The molecule has 0 heterocycles. The number of carbonyl (C=O) groups is 3. The van der Waals surface area contributed by atoms with Crippen LogP contribution in [0.3, 0.4) is 0 Å². The summed E-state index contributed by atoms with van der Waals surface area (Å²) in [5, 5.41) is 0. The maximum absolute atomic E-state index is 11.1. The average Bonchev–Trinajstić information content (AvgIpc) is 2.01. The Balaban J connectivity index is 4.74. The molecule has 1 atom stereocenters. The van der Waals surface area contributed by atoms with E-state index in [9.17, 15) is 14.4 Å². The van der Waals surface area contributed by atoms with Gasteiger partial charge in [-0.2, -0.15) is 0 Å². The number of ketones is 2. The van der Waals surface area contributed by atoms with Gasteiger partial charge in [0, 0.05) is 6.42 Å². The van der Waals surface area contributed by atoms with Gasteiger partial charge in [0.1, 0.15) is 17.5 Å². The summed E-state index contributed by atoms with van der Waals surface area (Å²) in [6.45, 7) is 4.24. The third-order valence-corrected chi connectivity index (χ3v) is 1.87. The van der Waals surface area contributed by atoms with Gasteiger partial charge in [0.15, 0.2) is 5.78 Å². The van der Waals surface area contributed by atoms with E-state index in [1.807, 2.05) is 0 Å². The highest BCUT2D eigenvalue weighted by Crippen LogP contribution is 2.17. The summed E-state index contributed by atoms with van der Waals surface area (Å²) in [4.78, 5) is 32.3. The minimum absolute atomic E-state index is 0.217. The summed E-state index contributed by atoms with van der Waals surface area (Å²) in [6.07, 6.45) is 0.635. The van der Waals surface area contributed by atoms with Crippen LogP contribution < -0.4 is 0 Å². The van der Waals surface area contributed by atoms with Crippen molar-refractivity contribution in [3.8, 4) is 0 Å². The van der Waals surface area contributed by atoms with Crippen molar-refractivity contribution in [3.05, 3.63) is 0 Å². The van der Waals surface area contributed by atoms with Crippen LogP contribution in [0.4, 0.5) is 0 Å². The van der Waals surface area contributed by atoms with Gasteiger partial charge in [-0.1, -0.05) is 6.92 Å². The van der Waals surface area contributed by atoms with E-state index in [1.54, 1.807) is 6.92 Å². The Morgan fingerprint density at radius 3 is 2.00 bits per heavy atom. The molecule has 0 aromatic rings. The van der Waals surface area contributed by atoms with Crippen molar-refractivity contribution in [2.45, 2.75) is 27.2 Å². The van der Waals surface area contributed by atoms with Crippen molar-refractivity contribution >= 4 is 17.9 Å². The van der Waals surface area contributed by atoms with E-state index in [1.165, 1.54) is 13.8 Å². The molecule has 0 aliphatic heterocycles. The Morgan fingerprint density at radius 2 is 1.91 bits per heavy atom. The zero-order valence-electron chi connectivity index (χ0n) is 7.01. The first-order valence-electron chi connectivity index (χ1n) is 3.49. The molecule has 0 bridgehead atoms. The molecule has 0 amide bonds. The van der Waals surface area contributed by atoms with E-state index in [-0.39, 0.29) is 18.0 Å².